The number of rotatable bonds is 4. The van der Waals surface area contributed by atoms with Gasteiger partial charge in [-0.25, -0.2) is 4.79 Å². The average molecular weight is 326 g/mol. The van der Waals surface area contributed by atoms with Gasteiger partial charge < -0.3 is 9.47 Å². The van der Waals surface area contributed by atoms with Crippen LogP contribution in [0.2, 0.25) is 0 Å². The fourth-order valence-electron chi connectivity index (χ4n) is 2.77. The predicted molar refractivity (Wildman–Crippen MR) is 75.5 cm³/mol. The van der Waals surface area contributed by atoms with Gasteiger partial charge in [0.2, 0.25) is 6.08 Å². The van der Waals surface area contributed by atoms with Crippen LogP contribution in [0.25, 0.3) is 0 Å². The molecule has 2 rings (SSSR count). The number of halogens is 1. The van der Waals surface area contributed by atoms with Gasteiger partial charge in [-0.05, 0) is 25.0 Å². The summed E-state index contributed by atoms with van der Waals surface area (Å²) in [7, 11) is 3.20. The Bertz CT molecular complexity index is 518. The molecule has 102 valence electrons. The smallest absolute Gasteiger partial charge is 0.235 e. The maximum absolute atomic E-state index is 10.8. The van der Waals surface area contributed by atoms with Crippen molar-refractivity contribution in [2.45, 2.75) is 31.2 Å². The van der Waals surface area contributed by atoms with E-state index in [9.17, 15) is 4.79 Å². The Morgan fingerprint density at radius 2 is 1.95 bits per heavy atom. The van der Waals surface area contributed by atoms with Crippen LogP contribution in [-0.2, 0) is 10.3 Å². The van der Waals surface area contributed by atoms with Crippen molar-refractivity contribution in [1.82, 2.24) is 0 Å². The monoisotopic (exact) mass is 325 g/mol. The van der Waals surface area contributed by atoms with Gasteiger partial charge in [0.25, 0.3) is 0 Å². The number of isocyanates is 1. The van der Waals surface area contributed by atoms with Gasteiger partial charge in [0.05, 0.1) is 14.2 Å². The largest absolute Gasteiger partial charge is 0.493 e. The van der Waals surface area contributed by atoms with E-state index in [2.05, 4.69) is 20.9 Å². The van der Waals surface area contributed by atoms with Crippen molar-refractivity contribution in [2.24, 2.45) is 4.99 Å². The summed E-state index contributed by atoms with van der Waals surface area (Å²) in [6.07, 6.45) is 5.47. The lowest BCUT2D eigenvalue weighted by Crippen LogP contribution is -2.20. The van der Waals surface area contributed by atoms with Crippen LogP contribution >= 0.6 is 15.9 Å². The lowest BCUT2D eigenvalue weighted by molar-refractivity contribution is 0.337. The molecule has 0 N–H and O–H groups in total. The molecular formula is C14H16BrNO3. The Morgan fingerprint density at radius 1 is 1.26 bits per heavy atom. The van der Waals surface area contributed by atoms with Crippen LogP contribution in [-0.4, -0.2) is 20.3 Å². The van der Waals surface area contributed by atoms with Crippen molar-refractivity contribution < 1.29 is 14.3 Å². The third kappa shape index (κ3) is 2.53. The van der Waals surface area contributed by atoms with Crippen molar-refractivity contribution in [2.75, 3.05) is 14.2 Å². The van der Waals surface area contributed by atoms with Gasteiger partial charge in [0, 0.05) is 10.0 Å². The highest BCUT2D eigenvalue weighted by atomic mass is 79.9. The topological polar surface area (TPSA) is 47.9 Å². The Kier molecular flexibility index (Phi) is 4.27. The van der Waals surface area contributed by atoms with E-state index in [1.807, 2.05) is 12.1 Å². The van der Waals surface area contributed by atoms with Gasteiger partial charge in [-0.15, -0.1) is 0 Å². The van der Waals surface area contributed by atoms with Gasteiger partial charge in [-0.3, -0.25) is 0 Å². The van der Waals surface area contributed by atoms with Crippen LogP contribution in [0, 0.1) is 0 Å². The molecule has 1 aromatic carbocycles. The highest BCUT2D eigenvalue weighted by molar-refractivity contribution is 9.10. The van der Waals surface area contributed by atoms with E-state index in [0.29, 0.717) is 11.5 Å². The summed E-state index contributed by atoms with van der Waals surface area (Å²) >= 11 is 3.46. The number of nitrogens with zero attached hydrogens (tertiary/aromatic N) is 1. The van der Waals surface area contributed by atoms with Crippen LogP contribution in [0.5, 0.6) is 11.5 Å². The molecule has 0 unspecified atom stereocenters. The number of ether oxygens (including phenoxy) is 2. The van der Waals surface area contributed by atoms with Crippen molar-refractivity contribution >= 4 is 22.0 Å². The number of benzene rings is 1. The van der Waals surface area contributed by atoms with Crippen LogP contribution in [0.4, 0.5) is 0 Å². The molecule has 1 fully saturated rings. The van der Waals surface area contributed by atoms with E-state index in [-0.39, 0.29) is 0 Å². The third-order valence-electron chi connectivity index (χ3n) is 3.64. The maximum atomic E-state index is 10.8. The maximum Gasteiger partial charge on any atom is 0.235 e. The van der Waals surface area contributed by atoms with Crippen LogP contribution in [0.3, 0.4) is 0 Å². The number of carbonyl (C=O) groups excluding carboxylic acids is 1. The van der Waals surface area contributed by atoms with Crippen LogP contribution in [0.15, 0.2) is 21.6 Å². The van der Waals surface area contributed by atoms with Gasteiger partial charge in [-0.1, -0.05) is 28.8 Å². The molecule has 19 heavy (non-hydrogen) atoms. The summed E-state index contributed by atoms with van der Waals surface area (Å²) in [5.74, 6) is 1.28. The Labute approximate surface area is 120 Å². The molecule has 1 aromatic rings. The third-order valence-corrected chi connectivity index (χ3v) is 4.09. The summed E-state index contributed by atoms with van der Waals surface area (Å²) < 4.78 is 11.7. The minimum Gasteiger partial charge on any atom is -0.493 e. The Hall–Kier alpha value is -1.32. The lowest BCUT2D eigenvalue weighted by atomic mass is 9.88. The molecule has 0 atom stereocenters. The molecule has 0 spiro atoms. The first-order chi connectivity index (χ1) is 9.16. The Morgan fingerprint density at radius 3 is 2.47 bits per heavy atom. The molecule has 0 saturated heterocycles. The molecular weight excluding hydrogens is 310 g/mol. The van der Waals surface area contributed by atoms with E-state index < -0.39 is 5.54 Å². The van der Waals surface area contributed by atoms with E-state index in [4.69, 9.17) is 9.47 Å². The fourth-order valence-corrected chi connectivity index (χ4v) is 3.20. The first kappa shape index (κ1) is 14.1. The molecule has 1 aliphatic carbocycles. The fraction of sp³-hybridized carbons (Fsp3) is 0.500. The molecule has 0 amide bonds. The summed E-state index contributed by atoms with van der Waals surface area (Å²) in [6, 6.07) is 3.79. The molecule has 0 heterocycles. The van der Waals surface area contributed by atoms with Crippen molar-refractivity contribution in [3.05, 3.63) is 22.2 Å². The zero-order valence-electron chi connectivity index (χ0n) is 11.0. The summed E-state index contributed by atoms with van der Waals surface area (Å²) in [5, 5.41) is 0. The van der Waals surface area contributed by atoms with E-state index in [0.717, 1.165) is 35.7 Å². The zero-order valence-corrected chi connectivity index (χ0v) is 12.6. The van der Waals surface area contributed by atoms with E-state index in [1.54, 1.807) is 20.3 Å². The highest BCUT2D eigenvalue weighted by Gasteiger charge is 2.39. The molecule has 1 saturated carbocycles. The van der Waals surface area contributed by atoms with Crippen LogP contribution in [0.1, 0.15) is 31.2 Å². The van der Waals surface area contributed by atoms with E-state index >= 15 is 0 Å². The summed E-state index contributed by atoms with van der Waals surface area (Å²) in [5.41, 5.74) is 0.367. The second-order valence-corrected chi connectivity index (χ2v) is 5.55. The van der Waals surface area contributed by atoms with Crippen molar-refractivity contribution in [3.63, 3.8) is 0 Å². The molecule has 1 aliphatic rings. The first-order valence-corrected chi connectivity index (χ1v) is 6.97. The molecule has 0 radical (unpaired) electrons. The van der Waals surface area contributed by atoms with Gasteiger partial charge >= 0.3 is 0 Å². The van der Waals surface area contributed by atoms with Crippen molar-refractivity contribution in [1.29, 1.82) is 0 Å². The zero-order chi connectivity index (χ0) is 13.9. The average Bonchev–Trinajstić information content (AvgIpc) is 2.87. The second-order valence-electron chi connectivity index (χ2n) is 4.63. The van der Waals surface area contributed by atoms with Gasteiger partial charge in [0.1, 0.15) is 5.54 Å². The lowest BCUT2D eigenvalue weighted by Gasteiger charge is -2.26. The predicted octanol–water partition coefficient (Wildman–Crippen LogP) is 3.57. The molecule has 5 heteroatoms. The summed E-state index contributed by atoms with van der Waals surface area (Å²) in [4.78, 5) is 14.9. The van der Waals surface area contributed by atoms with E-state index in [1.165, 1.54) is 0 Å². The quantitative estimate of drug-likeness (QED) is 0.628. The molecule has 0 bridgehead atoms. The van der Waals surface area contributed by atoms with Gasteiger partial charge in [0.15, 0.2) is 11.5 Å². The minimum absolute atomic E-state index is 0.524. The molecule has 0 aliphatic heterocycles. The molecule has 4 nitrogen and oxygen atoms in total. The number of hydrogen-bond acceptors (Lipinski definition) is 4. The standard InChI is InChI=1S/C14H16BrNO3/c1-18-12-8-10(15)7-11(13(12)19-2)14(16-9-17)5-3-4-6-14/h7-8H,3-6H2,1-2H3. The SMILES string of the molecule is COc1cc(Br)cc(C2(N=C=O)CCCC2)c1OC. The Balaban J connectivity index is 2.65. The minimum atomic E-state index is -0.524. The molecule has 0 aromatic heterocycles. The van der Waals surface area contributed by atoms with Gasteiger partial charge in [-0.2, -0.15) is 4.99 Å². The first-order valence-electron chi connectivity index (χ1n) is 6.18. The second kappa shape index (κ2) is 5.76. The summed E-state index contributed by atoms with van der Waals surface area (Å²) in [6.45, 7) is 0. The number of methoxy groups -OCH3 is 2. The number of hydrogen-bond donors (Lipinski definition) is 0. The number of aliphatic imine (C=N–C) groups is 1. The highest BCUT2D eigenvalue weighted by Crippen LogP contribution is 2.49. The van der Waals surface area contributed by atoms with Crippen molar-refractivity contribution in [3.8, 4) is 11.5 Å². The van der Waals surface area contributed by atoms with Crippen LogP contribution < -0.4 is 9.47 Å². The normalized spacial score (nSPS) is 16.8.